The zero-order chi connectivity index (χ0) is 6.69. The molecule has 0 saturated carbocycles. The first-order chi connectivity index (χ1) is 4.34. The lowest BCUT2D eigenvalue weighted by atomic mass is 10.0. The van der Waals surface area contributed by atoms with Crippen LogP contribution in [0.15, 0.2) is 22.7 Å². The van der Waals surface area contributed by atoms with Gasteiger partial charge < -0.3 is 5.73 Å². The van der Waals surface area contributed by atoms with Gasteiger partial charge in [-0.15, -0.1) is 0 Å². The van der Waals surface area contributed by atoms with Crippen molar-refractivity contribution >= 4 is 15.9 Å². The molecular formula is C7H10BrN. The molecule has 0 spiro atoms. The Hall–Kier alpha value is -0.0800. The highest BCUT2D eigenvalue weighted by Crippen LogP contribution is 2.23. The Morgan fingerprint density at radius 2 is 2.56 bits per heavy atom. The fourth-order valence-corrected chi connectivity index (χ4v) is 1.39. The maximum Gasteiger partial charge on any atom is 0.00620 e. The number of allylic oxidation sites excluding steroid dienone is 3. The van der Waals surface area contributed by atoms with Crippen molar-refractivity contribution in [3.05, 3.63) is 22.7 Å². The van der Waals surface area contributed by atoms with Gasteiger partial charge in [0.05, 0.1) is 0 Å². The molecule has 0 aromatic carbocycles. The third kappa shape index (κ3) is 1.66. The summed E-state index contributed by atoms with van der Waals surface area (Å²) >= 11 is 3.44. The predicted octanol–water partition coefficient (Wildman–Crippen LogP) is 1.80. The van der Waals surface area contributed by atoms with E-state index in [1.807, 2.05) is 0 Å². The van der Waals surface area contributed by atoms with Crippen molar-refractivity contribution in [2.75, 3.05) is 6.54 Å². The lowest BCUT2D eigenvalue weighted by Crippen LogP contribution is -2.14. The van der Waals surface area contributed by atoms with Gasteiger partial charge in [0.25, 0.3) is 0 Å². The molecule has 2 heteroatoms. The van der Waals surface area contributed by atoms with Crippen molar-refractivity contribution < 1.29 is 0 Å². The Bertz CT molecular complexity index is 149. The normalized spacial score (nSPS) is 26.0. The van der Waals surface area contributed by atoms with Crippen LogP contribution in [0.5, 0.6) is 0 Å². The van der Waals surface area contributed by atoms with Gasteiger partial charge in [0.1, 0.15) is 0 Å². The Morgan fingerprint density at radius 1 is 1.78 bits per heavy atom. The van der Waals surface area contributed by atoms with Gasteiger partial charge in [0.15, 0.2) is 0 Å². The monoisotopic (exact) mass is 187 g/mol. The molecule has 1 aliphatic rings. The summed E-state index contributed by atoms with van der Waals surface area (Å²) in [6, 6.07) is 0. The highest BCUT2D eigenvalue weighted by molar-refractivity contribution is 9.11. The molecule has 0 heterocycles. The quantitative estimate of drug-likeness (QED) is 0.667. The van der Waals surface area contributed by atoms with Crippen LogP contribution in [-0.4, -0.2) is 6.54 Å². The Labute approximate surface area is 63.8 Å². The van der Waals surface area contributed by atoms with Crippen LogP contribution in [0.1, 0.15) is 6.42 Å². The molecule has 0 amide bonds. The Balaban J connectivity index is 2.59. The largest absolute Gasteiger partial charge is 0.330 e. The highest BCUT2D eigenvalue weighted by Gasteiger charge is 2.09. The van der Waals surface area contributed by atoms with Gasteiger partial charge in [-0.2, -0.15) is 0 Å². The zero-order valence-electron chi connectivity index (χ0n) is 5.18. The molecular weight excluding hydrogens is 178 g/mol. The maximum atomic E-state index is 5.49. The first-order valence-corrected chi connectivity index (χ1v) is 3.86. The highest BCUT2D eigenvalue weighted by atomic mass is 79.9. The summed E-state index contributed by atoms with van der Waals surface area (Å²) in [5.74, 6) is 0.523. The molecule has 1 aliphatic carbocycles. The van der Waals surface area contributed by atoms with Crippen LogP contribution in [0.4, 0.5) is 0 Å². The van der Waals surface area contributed by atoms with Crippen molar-refractivity contribution in [1.29, 1.82) is 0 Å². The molecule has 1 atom stereocenters. The number of hydrogen-bond donors (Lipinski definition) is 1. The van der Waals surface area contributed by atoms with E-state index >= 15 is 0 Å². The molecule has 0 fully saturated rings. The SMILES string of the molecule is NCC1CC=CC=C1Br. The van der Waals surface area contributed by atoms with Crippen LogP contribution < -0.4 is 5.73 Å². The summed E-state index contributed by atoms with van der Waals surface area (Å²) in [4.78, 5) is 0. The second-order valence-corrected chi connectivity index (χ2v) is 3.06. The van der Waals surface area contributed by atoms with Gasteiger partial charge >= 0.3 is 0 Å². The van der Waals surface area contributed by atoms with E-state index in [4.69, 9.17) is 5.73 Å². The van der Waals surface area contributed by atoms with Gasteiger partial charge in [-0.1, -0.05) is 34.2 Å². The average Bonchev–Trinajstić information content (AvgIpc) is 1.89. The first kappa shape index (κ1) is 7.03. The molecule has 0 aromatic rings. The minimum Gasteiger partial charge on any atom is -0.330 e. The van der Waals surface area contributed by atoms with Crippen molar-refractivity contribution in [3.63, 3.8) is 0 Å². The molecule has 0 bridgehead atoms. The van der Waals surface area contributed by atoms with Crippen molar-refractivity contribution in [3.8, 4) is 0 Å². The maximum absolute atomic E-state index is 5.49. The molecule has 2 N–H and O–H groups in total. The zero-order valence-corrected chi connectivity index (χ0v) is 6.76. The topological polar surface area (TPSA) is 26.0 Å². The van der Waals surface area contributed by atoms with Crippen molar-refractivity contribution in [2.24, 2.45) is 11.7 Å². The van der Waals surface area contributed by atoms with Crippen LogP contribution in [0.3, 0.4) is 0 Å². The van der Waals surface area contributed by atoms with Gasteiger partial charge in [0, 0.05) is 5.92 Å². The summed E-state index contributed by atoms with van der Waals surface area (Å²) in [5.41, 5.74) is 5.49. The summed E-state index contributed by atoms with van der Waals surface area (Å²) in [7, 11) is 0. The van der Waals surface area contributed by atoms with Crippen LogP contribution >= 0.6 is 15.9 Å². The van der Waals surface area contributed by atoms with Crippen LogP contribution in [0, 0.1) is 5.92 Å². The molecule has 0 aromatic heterocycles. The fraction of sp³-hybridized carbons (Fsp3) is 0.429. The summed E-state index contributed by atoms with van der Waals surface area (Å²) < 4.78 is 1.23. The van der Waals surface area contributed by atoms with E-state index in [-0.39, 0.29) is 0 Å². The van der Waals surface area contributed by atoms with Gasteiger partial charge in [-0.3, -0.25) is 0 Å². The van der Waals surface area contributed by atoms with E-state index in [0.717, 1.165) is 13.0 Å². The van der Waals surface area contributed by atoms with E-state index in [9.17, 15) is 0 Å². The van der Waals surface area contributed by atoms with E-state index in [0.29, 0.717) is 5.92 Å². The number of halogens is 1. The molecule has 0 aliphatic heterocycles. The minimum atomic E-state index is 0.523. The summed E-state index contributed by atoms with van der Waals surface area (Å²) in [6.45, 7) is 0.738. The second-order valence-electron chi connectivity index (χ2n) is 2.15. The van der Waals surface area contributed by atoms with E-state index in [1.54, 1.807) is 0 Å². The van der Waals surface area contributed by atoms with Crippen molar-refractivity contribution in [2.45, 2.75) is 6.42 Å². The average molecular weight is 188 g/mol. The molecule has 1 nitrogen and oxygen atoms in total. The first-order valence-electron chi connectivity index (χ1n) is 3.07. The minimum absolute atomic E-state index is 0.523. The molecule has 1 rings (SSSR count). The summed E-state index contributed by atoms with van der Waals surface area (Å²) in [5, 5.41) is 0. The van der Waals surface area contributed by atoms with E-state index in [2.05, 4.69) is 34.2 Å². The third-order valence-electron chi connectivity index (χ3n) is 1.49. The van der Waals surface area contributed by atoms with Crippen LogP contribution in [0.2, 0.25) is 0 Å². The van der Waals surface area contributed by atoms with Crippen LogP contribution in [0.25, 0.3) is 0 Å². The smallest absolute Gasteiger partial charge is 0.00620 e. The Morgan fingerprint density at radius 3 is 3.00 bits per heavy atom. The number of rotatable bonds is 1. The molecule has 1 unspecified atom stereocenters. The third-order valence-corrected chi connectivity index (χ3v) is 2.40. The van der Waals surface area contributed by atoms with Gasteiger partial charge in [0.2, 0.25) is 0 Å². The Kier molecular flexibility index (Phi) is 2.49. The number of hydrogen-bond acceptors (Lipinski definition) is 1. The van der Waals surface area contributed by atoms with Crippen molar-refractivity contribution in [1.82, 2.24) is 0 Å². The standard InChI is InChI=1S/C7H10BrN/c8-7-4-2-1-3-6(7)5-9/h1-2,4,6H,3,5,9H2. The number of nitrogens with two attached hydrogens (primary N) is 1. The van der Waals surface area contributed by atoms with Gasteiger partial charge in [-0.05, 0) is 17.4 Å². The lowest BCUT2D eigenvalue weighted by Gasteiger charge is -2.13. The molecule has 0 radical (unpaired) electrons. The molecule has 50 valence electrons. The van der Waals surface area contributed by atoms with Gasteiger partial charge in [-0.25, -0.2) is 0 Å². The van der Waals surface area contributed by atoms with Crippen LogP contribution in [-0.2, 0) is 0 Å². The molecule has 9 heavy (non-hydrogen) atoms. The second kappa shape index (κ2) is 3.18. The molecule has 0 saturated heterocycles. The lowest BCUT2D eigenvalue weighted by molar-refractivity contribution is 0.661. The fourth-order valence-electron chi connectivity index (χ4n) is 0.860. The summed E-state index contributed by atoms with van der Waals surface area (Å²) in [6.07, 6.45) is 7.33. The van der Waals surface area contributed by atoms with E-state index < -0.39 is 0 Å². The predicted molar refractivity (Wildman–Crippen MR) is 43.3 cm³/mol. The van der Waals surface area contributed by atoms with E-state index in [1.165, 1.54) is 4.48 Å².